The van der Waals surface area contributed by atoms with Gasteiger partial charge in [0, 0.05) is 0 Å². The van der Waals surface area contributed by atoms with Crippen molar-refractivity contribution in [1.29, 1.82) is 0 Å². The van der Waals surface area contributed by atoms with Gasteiger partial charge in [-0.25, -0.2) is 0 Å². The molecule has 0 saturated heterocycles. The van der Waals surface area contributed by atoms with E-state index in [-0.39, 0.29) is 6.73 Å². The summed E-state index contributed by atoms with van der Waals surface area (Å²) in [6.45, 7) is 0.210. The lowest BCUT2D eigenvalue weighted by Crippen LogP contribution is -1.93. The van der Waals surface area contributed by atoms with Crippen molar-refractivity contribution in [3.8, 4) is 16.9 Å². The van der Waals surface area contributed by atoms with Crippen LogP contribution in [0.2, 0.25) is 0 Å². The van der Waals surface area contributed by atoms with Gasteiger partial charge in [0.05, 0.1) is 5.16 Å². The standard InChI is InChI=1S/C14H11NOS/c17-11-15-10-16-14-8-4-7-13(9-14)12-5-2-1-3-6-12/h1-9H,10H2. The molecule has 0 aliphatic rings. The molecule has 0 atom stereocenters. The average Bonchev–Trinajstić information content (AvgIpc) is 2.41. The van der Waals surface area contributed by atoms with Crippen LogP contribution in [0.1, 0.15) is 0 Å². The molecule has 3 heteroatoms. The second-order valence-electron chi connectivity index (χ2n) is 3.42. The lowest BCUT2D eigenvalue weighted by molar-refractivity contribution is 0.332. The van der Waals surface area contributed by atoms with Gasteiger partial charge in [0.1, 0.15) is 5.75 Å². The maximum atomic E-state index is 5.41. The SMILES string of the molecule is S=C=NCOc1cccc(-c2ccccc2)c1. The number of hydrogen-bond acceptors (Lipinski definition) is 3. The van der Waals surface area contributed by atoms with E-state index in [2.05, 4.69) is 34.5 Å². The Morgan fingerprint density at radius 3 is 2.53 bits per heavy atom. The Bertz CT molecular complexity index is 533. The quantitative estimate of drug-likeness (QED) is 0.600. The molecule has 2 aromatic carbocycles. The summed E-state index contributed by atoms with van der Waals surface area (Å²) in [6.07, 6.45) is 0. The summed E-state index contributed by atoms with van der Waals surface area (Å²) in [5.41, 5.74) is 2.28. The number of nitrogens with zero attached hydrogens (tertiary/aromatic N) is 1. The second kappa shape index (κ2) is 5.94. The molecule has 84 valence electrons. The topological polar surface area (TPSA) is 21.6 Å². The van der Waals surface area contributed by atoms with Crippen LogP contribution in [0.15, 0.2) is 59.6 Å². The molecule has 2 rings (SSSR count). The van der Waals surface area contributed by atoms with Gasteiger partial charge in [-0.1, -0.05) is 42.5 Å². The summed E-state index contributed by atoms with van der Waals surface area (Å²) in [5, 5.41) is 2.27. The van der Waals surface area contributed by atoms with Crippen LogP contribution in [0.5, 0.6) is 5.75 Å². The largest absolute Gasteiger partial charge is 0.471 e. The predicted molar refractivity (Wildman–Crippen MR) is 72.4 cm³/mol. The fourth-order valence-electron chi connectivity index (χ4n) is 1.53. The third-order valence-electron chi connectivity index (χ3n) is 2.30. The molecule has 2 aromatic rings. The Labute approximate surface area is 106 Å². The minimum absolute atomic E-state index is 0.210. The third kappa shape index (κ3) is 3.25. The van der Waals surface area contributed by atoms with Crippen LogP contribution in [0, 0.1) is 0 Å². The third-order valence-corrected chi connectivity index (χ3v) is 2.43. The van der Waals surface area contributed by atoms with Gasteiger partial charge >= 0.3 is 0 Å². The Balaban J connectivity index is 2.20. The van der Waals surface area contributed by atoms with Crippen LogP contribution >= 0.6 is 12.2 Å². The number of hydrogen-bond donors (Lipinski definition) is 0. The molecule has 0 spiro atoms. The molecule has 0 radical (unpaired) electrons. The van der Waals surface area contributed by atoms with Gasteiger partial charge in [0.2, 0.25) is 0 Å². The van der Waals surface area contributed by atoms with Crippen molar-refractivity contribution < 1.29 is 4.74 Å². The molecule has 0 heterocycles. The van der Waals surface area contributed by atoms with Crippen LogP contribution < -0.4 is 4.74 Å². The molecule has 0 aromatic heterocycles. The predicted octanol–water partition coefficient (Wildman–Crippen LogP) is 3.79. The summed E-state index contributed by atoms with van der Waals surface area (Å²) in [6, 6.07) is 18.0. The van der Waals surface area contributed by atoms with E-state index in [0.29, 0.717) is 0 Å². The van der Waals surface area contributed by atoms with Gasteiger partial charge in [-0.2, -0.15) is 4.99 Å². The van der Waals surface area contributed by atoms with Crippen molar-refractivity contribution in [3.63, 3.8) is 0 Å². The zero-order chi connectivity index (χ0) is 11.9. The van der Waals surface area contributed by atoms with Gasteiger partial charge in [-0.3, -0.25) is 0 Å². The Hall–Kier alpha value is -1.96. The van der Waals surface area contributed by atoms with Gasteiger partial charge in [0.15, 0.2) is 6.73 Å². The van der Waals surface area contributed by atoms with E-state index < -0.39 is 0 Å². The van der Waals surface area contributed by atoms with E-state index in [4.69, 9.17) is 4.74 Å². The molecule has 0 unspecified atom stereocenters. The highest BCUT2D eigenvalue weighted by Gasteiger charge is 1.98. The van der Waals surface area contributed by atoms with Crippen molar-refractivity contribution in [2.24, 2.45) is 4.99 Å². The van der Waals surface area contributed by atoms with Crippen molar-refractivity contribution >= 4 is 17.4 Å². The molecular weight excluding hydrogens is 230 g/mol. The monoisotopic (exact) mass is 241 g/mol. The fraction of sp³-hybridized carbons (Fsp3) is 0.0714. The maximum absolute atomic E-state index is 5.41. The first-order valence-corrected chi connectivity index (χ1v) is 5.63. The summed E-state index contributed by atoms with van der Waals surface area (Å²) in [5.74, 6) is 0.778. The number of thiocarbonyl (C=S) groups is 1. The van der Waals surface area contributed by atoms with Crippen molar-refractivity contribution in [2.45, 2.75) is 0 Å². The van der Waals surface area contributed by atoms with Gasteiger partial charge in [-0.15, -0.1) is 0 Å². The number of ether oxygens (including phenoxy) is 1. The Morgan fingerprint density at radius 1 is 1.00 bits per heavy atom. The molecule has 0 bridgehead atoms. The van der Waals surface area contributed by atoms with E-state index in [1.165, 1.54) is 0 Å². The normalized spacial score (nSPS) is 9.41. The van der Waals surface area contributed by atoms with Gasteiger partial charge in [-0.05, 0) is 35.5 Å². The molecule has 0 fully saturated rings. The van der Waals surface area contributed by atoms with E-state index in [0.717, 1.165) is 16.9 Å². The lowest BCUT2D eigenvalue weighted by Gasteiger charge is -2.05. The van der Waals surface area contributed by atoms with E-state index >= 15 is 0 Å². The van der Waals surface area contributed by atoms with E-state index in [1.54, 1.807) is 0 Å². The van der Waals surface area contributed by atoms with Crippen LogP contribution in [0.4, 0.5) is 0 Å². The molecule has 0 aliphatic carbocycles. The lowest BCUT2D eigenvalue weighted by atomic mass is 10.1. The smallest absolute Gasteiger partial charge is 0.188 e. The summed E-state index contributed by atoms with van der Waals surface area (Å²) in [7, 11) is 0. The fourth-order valence-corrected chi connectivity index (χ4v) is 1.58. The highest BCUT2D eigenvalue weighted by Crippen LogP contribution is 2.23. The molecule has 0 aliphatic heterocycles. The zero-order valence-corrected chi connectivity index (χ0v) is 9.98. The molecule has 0 N–H and O–H groups in total. The first-order valence-electron chi connectivity index (χ1n) is 5.22. The zero-order valence-electron chi connectivity index (χ0n) is 9.17. The first kappa shape index (κ1) is 11.5. The van der Waals surface area contributed by atoms with Crippen molar-refractivity contribution in [1.82, 2.24) is 0 Å². The van der Waals surface area contributed by atoms with Crippen LogP contribution in [-0.4, -0.2) is 11.9 Å². The molecule has 0 saturated carbocycles. The summed E-state index contributed by atoms with van der Waals surface area (Å²) < 4.78 is 5.41. The summed E-state index contributed by atoms with van der Waals surface area (Å²) in [4.78, 5) is 3.71. The van der Waals surface area contributed by atoms with Crippen molar-refractivity contribution in [3.05, 3.63) is 54.6 Å². The van der Waals surface area contributed by atoms with Crippen LogP contribution in [0.3, 0.4) is 0 Å². The number of isothiocyanates is 1. The highest BCUT2D eigenvalue weighted by atomic mass is 32.1. The minimum atomic E-state index is 0.210. The Kier molecular flexibility index (Phi) is 4.03. The number of rotatable bonds is 4. The highest BCUT2D eigenvalue weighted by molar-refractivity contribution is 7.78. The van der Waals surface area contributed by atoms with Crippen molar-refractivity contribution in [2.75, 3.05) is 6.73 Å². The Morgan fingerprint density at radius 2 is 1.76 bits per heavy atom. The molecular formula is C14H11NOS. The van der Waals surface area contributed by atoms with E-state index in [9.17, 15) is 0 Å². The van der Waals surface area contributed by atoms with Crippen LogP contribution in [-0.2, 0) is 0 Å². The number of benzene rings is 2. The maximum Gasteiger partial charge on any atom is 0.188 e. The molecule has 2 nitrogen and oxygen atoms in total. The van der Waals surface area contributed by atoms with Crippen LogP contribution in [0.25, 0.3) is 11.1 Å². The summed E-state index contributed by atoms with van der Waals surface area (Å²) >= 11 is 4.47. The van der Waals surface area contributed by atoms with Gasteiger partial charge < -0.3 is 4.74 Å². The average molecular weight is 241 g/mol. The van der Waals surface area contributed by atoms with E-state index in [1.807, 2.05) is 42.5 Å². The number of aliphatic imine (C=N–C) groups is 1. The molecule has 0 amide bonds. The second-order valence-corrected chi connectivity index (χ2v) is 3.60. The molecule has 17 heavy (non-hydrogen) atoms. The van der Waals surface area contributed by atoms with Gasteiger partial charge in [0.25, 0.3) is 0 Å². The first-order chi connectivity index (χ1) is 8.40. The minimum Gasteiger partial charge on any atom is -0.471 e.